The first-order valence-corrected chi connectivity index (χ1v) is 9.12. The quantitative estimate of drug-likeness (QED) is 0.535. The van der Waals surface area contributed by atoms with Gasteiger partial charge in [-0.1, -0.05) is 26.1 Å². The van der Waals surface area contributed by atoms with E-state index in [9.17, 15) is 0 Å². The molecule has 0 bridgehead atoms. The molecular weight excluding hydrogens is 166 g/mol. The summed E-state index contributed by atoms with van der Waals surface area (Å²) in [6.07, 6.45) is 2.69. The Morgan fingerprint density at radius 1 is 1.09 bits per heavy atom. The van der Waals surface area contributed by atoms with E-state index in [1.165, 1.54) is 25.9 Å². The molecule has 11 heavy (non-hydrogen) atoms. The van der Waals surface area contributed by atoms with Gasteiger partial charge in [0, 0.05) is 9.52 Å². The van der Waals surface area contributed by atoms with E-state index in [0.29, 0.717) is 9.52 Å². The molecule has 0 amide bonds. The molecule has 0 rings (SSSR count). The van der Waals surface area contributed by atoms with Crippen molar-refractivity contribution >= 4 is 19.2 Å². The molecule has 0 unspecified atom stereocenters. The minimum Gasteiger partial charge on any atom is -0.329 e. The Hall–Kier alpha value is 0.394. The van der Waals surface area contributed by atoms with Crippen LogP contribution in [-0.4, -0.2) is 36.9 Å². The molecule has 0 aromatic rings. The van der Waals surface area contributed by atoms with Gasteiger partial charge in [0.1, 0.15) is 0 Å². The lowest BCUT2D eigenvalue weighted by atomic mass is 10.4. The molecule has 68 valence electrons. The van der Waals surface area contributed by atoms with Crippen LogP contribution in [0.5, 0.6) is 0 Å². The maximum absolute atomic E-state index is 2.75. The number of hydrogen-bond donors (Lipinski definition) is 0. The number of hydrogen-bond acceptors (Lipinski definition) is 1. The Kier molecular flexibility index (Phi) is 8.79. The van der Waals surface area contributed by atoms with Crippen LogP contribution in [-0.2, 0) is 0 Å². The highest BCUT2D eigenvalue weighted by Crippen LogP contribution is 1.93. The third kappa shape index (κ3) is 6.78. The van der Waals surface area contributed by atoms with Crippen molar-refractivity contribution in [2.75, 3.05) is 13.1 Å². The predicted octanol–water partition coefficient (Wildman–Crippen LogP) is 0.785. The summed E-state index contributed by atoms with van der Waals surface area (Å²) in [4.78, 5) is 0. The van der Waals surface area contributed by atoms with Gasteiger partial charge in [0.15, 0.2) is 0 Å². The molecule has 0 atom stereocenters. The summed E-state index contributed by atoms with van der Waals surface area (Å²) in [7, 11) is 0.556. The third-order valence-electron chi connectivity index (χ3n) is 1.91. The highest BCUT2D eigenvalue weighted by molar-refractivity contribution is 6.53. The smallest absolute Gasteiger partial charge is 0.0919 e. The summed E-state index contributed by atoms with van der Waals surface area (Å²) in [5.74, 6) is 0. The van der Waals surface area contributed by atoms with E-state index in [0.717, 1.165) is 0 Å². The molecule has 0 aromatic heterocycles. The first kappa shape index (κ1) is 11.4. The lowest BCUT2D eigenvalue weighted by Gasteiger charge is -2.19. The van der Waals surface area contributed by atoms with Crippen LogP contribution in [0.1, 0.15) is 26.7 Å². The molecule has 3 heteroatoms. The van der Waals surface area contributed by atoms with Gasteiger partial charge in [0.05, 0.1) is 9.68 Å². The molecule has 0 saturated carbocycles. The average Bonchev–Trinajstić information content (AvgIpc) is 2.01. The van der Waals surface area contributed by atoms with Gasteiger partial charge in [-0.15, -0.1) is 0 Å². The topological polar surface area (TPSA) is 3.24 Å². The minimum atomic E-state index is 0.198. The van der Waals surface area contributed by atoms with Crippen LogP contribution < -0.4 is 0 Å². The first-order chi connectivity index (χ1) is 5.35. The Labute approximate surface area is 76.3 Å². The Balaban J connectivity index is 3.34. The van der Waals surface area contributed by atoms with Crippen LogP contribution in [0.15, 0.2) is 0 Å². The Morgan fingerprint density at radius 3 is 2.00 bits per heavy atom. The monoisotopic (exact) mass is 189 g/mol. The van der Waals surface area contributed by atoms with Crippen molar-refractivity contribution < 1.29 is 0 Å². The van der Waals surface area contributed by atoms with Crippen molar-refractivity contribution in [2.45, 2.75) is 38.9 Å². The van der Waals surface area contributed by atoms with Crippen LogP contribution in [0.3, 0.4) is 0 Å². The van der Waals surface area contributed by atoms with Crippen molar-refractivity contribution in [3.8, 4) is 0 Å². The van der Waals surface area contributed by atoms with Crippen LogP contribution in [0.4, 0.5) is 0 Å². The van der Waals surface area contributed by atoms with Gasteiger partial charge in [0.2, 0.25) is 0 Å². The van der Waals surface area contributed by atoms with E-state index >= 15 is 0 Å². The molecule has 0 aliphatic rings. The second-order valence-corrected chi connectivity index (χ2v) is 8.37. The normalized spacial score (nSPS) is 13.1. The average molecular weight is 189 g/mol. The highest BCUT2D eigenvalue weighted by Gasteiger charge is 2.00. The molecule has 0 spiro atoms. The standard InChI is InChI=1S/C8H23NSi2/c1-4-6-9(7-5-2)11-8-10-3/h4-8,10-11H2,1-3H3. The zero-order valence-corrected chi connectivity index (χ0v) is 11.2. The fourth-order valence-corrected chi connectivity index (χ4v) is 5.48. The van der Waals surface area contributed by atoms with E-state index in [1.807, 2.05) is 0 Å². The molecule has 0 fully saturated rings. The molecule has 0 saturated heterocycles. The third-order valence-corrected chi connectivity index (χ3v) is 7.27. The molecule has 1 nitrogen and oxygen atoms in total. The summed E-state index contributed by atoms with van der Waals surface area (Å²) < 4.78 is 2.75. The van der Waals surface area contributed by atoms with E-state index in [2.05, 4.69) is 25.0 Å². The van der Waals surface area contributed by atoms with Gasteiger partial charge in [0.25, 0.3) is 0 Å². The van der Waals surface area contributed by atoms with Crippen LogP contribution >= 0.6 is 0 Å². The minimum absolute atomic E-state index is 0.198. The molecule has 0 radical (unpaired) electrons. The van der Waals surface area contributed by atoms with Gasteiger partial charge in [-0.25, -0.2) is 0 Å². The van der Waals surface area contributed by atoms with Crippen molar-refractivity contribution in [3.05, 3.63) is 0 Å². The summed E-state index contributed by atoms with van der Waals surface area (Å²) in [5.41, 5.74) is 1.64. The summed E-state index contributed by atoms with van der Waals surface area (Å²) in [6.45, 7) is 9.76. The lowest BCUT2D eigenvalue weighted by molar-refractivity contribution is 0.441. The maximum atomic E-state index is 2.75. The summed E-state index contributed by atoms with van der Waals surface area (Å²) in [6, 6.07) is 0. The van der Waals surface area contributed by atoms with E-state index < -0.39 is 0 Å². The summed E-state index contributed by atoms with van der Waals surface area (Å²) >= 11 is 0. The summed E-state index contributed by atoms with van der Waals surface area (Å²) in [5, 5.41) is 0. The second-order valence-electron chi connectivity index (χ2n) is 3.20. The zero-order valence-electron chi connectivity index (χ0n) is 8.40. The van der Waals surface area contributed by atoms with E-state index in [1.54, 1.807) is 5.67 Å². The zero-order chi connectivity index (χ0) is 8.53. The highest BCUT2D eigenvalue weighted by atomic mass is 28.3. The Morgan fingerprint density at radius 2 is 1.64 bits per heavy atom. The van der Waals surface area contributed by atoms with Crippen molar-refractivity contribution in [2.24, 2.45) is 0 Å². The predicted molar refractivity (Wildman–Crippen MR) is 59.9 cm³/mol. The second kappa shape index (κ2) is 8.49. The van der Waals surface area contributed by atoms with Crippen LogP contribution in [0, 0.1) is 0 Å². The van der Waals surface area contributed by atoms with Crippen molar-refractivity contribution in [1.82, 2.24) is 4.57 Å². The number of rotatable bonds is 7. The molecule has 0 aromatic carbocycles. The van der Waals surface area contributed by atoms with Crippen LogP contribution in [0.25, 0.3) is 0 Å². The van der Waals surface area contributed by atoms with Gasteiger partial charge < -0.3 is 4.57 Å². The van der Waals surface area contributed by atoms with Gasteiger partial charge in [-0.2, -0.15) is 0 Å². The number of nitrogens with zero attached hydrogens (tertiary/aromatic N) is 1. The van der Waals surface area contributed by atoms with Crippen molar-refractivity contribution in [3.63, 3.8) is 0 Å². The lowest BCUT2D eigenvalue weighted by Crippen LogP contribution is -2.29. The van der Waals surface area contributed by atoms with Crippen molar-refractivity contribution in [1.29, 1.82) is 0 Å². The molecule has 0 aliphatic heterocycles. The van der Waals surface area contributed by atoms with Gasteiger partial charge >= 0.3 is 0 Å². The molecule has 0 N–H and O–H groups in total. The van der Waals surface area contributed by atoms with Crippen LogP contribution in [0.2, 0.25) is 12.2 Å². The Bertz CT molecular complexity index is 72.5. The largest absolute Gasteiger partial charge is 0.329 e. The fraction of sp³-hybridized carbons (Fsp3) is 1.00. The molecule has 0 heterocycles. The fourth-order valence-electron chi connectivity index (χ4n) is 1.35. The van der Waals surface area contributed by atoms with E-state index in [4.69, 9.17) is 0 Å². The molecular formula is C8H23NSi2. The van der Waals surface area contributed by atoms with Gasteiger partial charge in [-0.05, 0) is 25.9 Å². The first-order valence-electron chi connectivity index (χ1n) is 5.07. The maximum Gasteiger partial charge on any atom is 0.0919 e. The van der Waals surface area contributed by atoms with E-state index in [-0.39, 0.29) is 9.68 Å². The molecule has 0 aliphatic carbocycles. The van der Waals surface area contributed by atoms with Gasteiger partial charge in [-0.3, -0.25) is 0 Å². The SMILES string of the molecule is CCCN(CCC)[SiH2]C[SiH2]C.